The molecule has 86 valence electrons. The van der Waals surface area contributed by atoms with Gasteiger partial charge in [0.2, 0.25) is 0 Å². The van der Waals surface area contributed by atoms with Crippen LogP contribution in [0.3, 0.4) is 0 Å². The molecule has 1 unspecified atom stereocenters. The maximum absolute atomic E-state index is 3.45. The second kappa shape index (κ2) is 8.57. The first-order valence-corrected chi connectivity index (χ1v) is 6.93. The molecule has 0 fully saturated rings. The molecule has 0 aromatic heterocycles. The van der Waals surface area contributed by atoms with Crippen LogP contribution in [-0.2, 0) is 0 Å². The lowest BCUT2D eigenvalue weighted by Gasteiger charge is -2.26. The van der Waals surface area contributed by atoms with Crippen LogP contribution in [0.5, 0.6) is 0 Å². The van der Waals surface area contributed by atoms with Gasteiger partial charge in [0.1, 0.15) is 0 Å². The molecule has 0 spiro atoms. The Morgan fingerprint density at radius 2 is 2.00 bits per heavy atom. The summed E-state index contributed by atoms with van der Waals surface area (Å²) in [5.74, 6) is 1.24. The van der Waals surface area contributed by atoms with Crippen LogP contribution in [0, 0.1) is 0 Å². The molecular formula is C11H26N2S. The lowest BCUT2D eigenvalue weighted by Crippen LogP contribution is -2.39. The monoisotopic (exact) mass is 218 g/mol. The minimum atomic E-state index is 0.601. The van der Waals surface area contributed by atoms with Gasteiger partial charge in [0, 0.05) is 30.9 Å². The highest BCUT2D eigenvalue weighted by Gasteiger charge is 2.10. The highest BCUT2D eigenvalue weighted by molar-refractivity contribution is 7.98. The highest BCUT2D eigenvalue weighted by atomic mass is 32.2. The minimum absolute atomic E-state index is 0.601. The first-order valence-electron chi connectivity index (χ1n) is 5.54. The van der Waals surface area contributed by atoms with Gasteiger partial charge >= 0.3 is 0 Å². The molecule has 3 heteroatoms. The Balaban J connectivity index is 3.63. The Morgan fingerprint density at radius 3 is 2.43 bits per heavy atom. The molecule has 0 aromatic carbocycles. The van der Waals surface area contributed by atoms with Crippen molar-refractivity contribution in [1.29, 1.82) is 0 Å². The summed E-state index contributed by atoms with van der Waals surface area (Å²) in [5, 5.41) is 3.45. The van der Waals surface area contributed by atoms with Gasteiger partial charge in [-0.3, -0.25) is 0 Å². The Bertz CT molecular complexity index is 128. The van der Waals surface area contributed by atoms with E-state index in [0.717, 1.165) is 19.1 Å². The molecule has 0 aliphatic rings. The molecule has 1 atom stereocenters. The maximum Gasteiger partial charge on any atom is 0.0181 e. The summed E-state index contributed by atoms with van der Waals surface area (Å²) in [6.07, 6.45) is 3.43. The van der Waals surface area contributed by atoms with Gasteiger partial charge in [0.25, 0.3) is 0 Å². The van der Waals surface area contributed by atoms with Gasteiger partial charge in [0.15, 0.2) is 0 Å². The van der Waals surface area contributed by atoms with Crippen molar-refractivity contribution in [3.8, 4) is 0 Å². The summed E-state index contributed by atoms with van der Waals surface area (Å²) in [6.45, 7) is 8.90. The summed E-state index contributed by atoms with van der Waals surface area (Å²) in [7, 11) is 2.23. The van der Waals surface area contributed by atoms with Gasteiger partial charge in [-0.15, -0.1) is 0 Å². The number of likely N-dealkylation sites (N-methyl/N-ethyl adjacent to an activating group) is 1. The van der Waals surface area contributed by atoms with Crippen molar-refractivity contribution in [2.45, 2.75) is 39.3 Å². The first kappa shape index (κ1) is 14.3. The molecule has 0 radical (unpaired) electrons. The van der Waals surface area contributed by atoms with Crippen LogP contribution in [-0.4, -0.2) is 49.1 Å². The van der Waals surface area contributed by atoms with Crippen molar-refractivity contribution in [3.05, 3.63) is 0 Å². The predicted molar refractivity (Wildman–Crippen MR) is 68.2 cm³/mol. The third kappa shape index (κ3) is 6.68. The third-order valence-electron chi connectivity index (χ3n) is 2.47. The minimum Gasteiger partial charge on any atom is -0.313 e. The molecule has 0 saturated heterocycles. The average molecular weight is 218 g/mol. The normalized spacial score (nSPS) is 13.9. The summed E-state index contributed by atoms with van der Waals surface area (Å²) >= 11 is 1.94. The summed E-state index contributed by atoms with van der Waals surface area (Å²) < 4.78 is 0. The Kier molecular flexibility index (Phi) is 8.73. The average Bonchev–Trinajstić information content (AvgIpc) is 2.13. The third-order valence-corrected chi connectivity index (χ3v) is 3.19. The van der Waals surface area contributed by atoms with Crippen molar-refractivity contribution >= 4 is 11.8 Å². The standard InChI is InChI=1S/C11H26N2S/c1-6-11(9-14-5)13(4)8-7-12-10(2)3/h10-12H,6-9H2,1-5H3. The molecule has 0 bridgehead atoms. The molecule has 0 aliphatic heterocycles. The van der Waals surface area contributed by atoms with Crippen LogP contribution >= 0.6 is 11.8 Å². The van der Waals surface area contributed by atoms with Gasteiger partial charge in [0.05, 0.1) is 0 Å². The van der Waals surface area contributed by atoms with Crippen molar-refractivity contribution in [2.75, 3.05) is 32.1 Å². The van der Waals surface area contributed by atoms with E-state index in [0.29, 0.717) is 6.04 Å². The largest absolute Gasteiger partial charge is 0.313 e. The predicted octanol–water partition coefficient (Wildman–Crippen LogP) is 2.06. The molecule has 0 aliphatic carbocycles. The second-order valence-corrected chi connectivity index (χ2v) is 5.02. The molecule has 0 amide bonds. The zero-order valence-corrected chi connectivity index (χ0v) is 11.2. The van der Waals surface area contributed by atoms with E-state index in [1.54, 1.807) is 0 Å². The number of hydrogen-bond acceptors (Lipinski definition) is 3. The number of thioether (sulfide) groups is 1. The van der Waals surface area contributed by atoms with E-state index in [-0.39, 0.29) is 0 Å². The zero-order chi connectivity index (χ0) is 11.0. The fourth-order valence-electron chi connectivity index (χ4n) is 1.46. The number of nitrogens with one attached hydrogen (secondary N) is 1. The van der Waals surface area contributed by atoms with Crippen LogP contribution in [0.4, 0.5) is 0 Å². The molecule has 1 N–H and O–H groups in total. The first-order chi connectivity index (χ1) is 6.61. The van der Waals surface area contributed by atoms with Crippen molar-refractivity contribution in [1.82, 2.24) is 10.2 Å². The van der Waals surface area contributed by atoms with E-state index in [4.69, 9.17) is 0 Å². The Labute approximate surface area is 93.8 Å². The maximum atomic E-state index is 3.45. The van der Waals surface area contributed by atoms with E-state index in [1.165, 1.54) is 12.2 Å². The van der Waals surface area contributed by atoms with E-state index in [1.807, 2.05) is 11.8 Å². The quantitative estimate of drug-likeness (QED) is 0.671. The smallest absolute Gasteiger partial charge is 0.0181 e. The van der Waals surface area contributed by atoms with Crippen molar-refractivity contribution in [3.63, 3.8) is 0 Å². The number of rotatable bonds is 8. The molecular weight excluding hydrogens is 192 g/mol. The lowest BCUT2D eigenvalue weighted by atomic mass is 10.2. The fourth-order valence-corrected chi connectivity index (χ4v) is 2.34. The van der Waals surface area contributed by atoms with E-state index >= 15 is 0 Å². The topological polar surface area (TPSA) is 15.3 Å². The van der Waals surface area contributed by atoms with Crippen molar-refractivity contribution in [2.24, 2.45) is 0 Å². The molecule has 0 saturated carbocycles. The van der Waals surface area contributed by atoms with Crippen molar-refractivity contribution < 1.29 is 0 Å². The van der Waals surface area contributed by atoms with E-state index in [2.05, 4.69) is 44.3 Å². The van der Waals surface area contributed by atoms with E-state index in [9.17, 15) is 0 Å². The summed E-state index contributed by atoms with van der Waals surface area (Å²) in [6, 6.07) is 1.34. The number of hydrogen-bond donors (Lipinski definition) is 1. The zero-order valence-electron chi connectivity index (χ0n) is 10.3. The molecule has 0 aromatic rings. The van der Waals surface area contributed by atoms with Gasteiger partial charge in [-0.2, -0.15) is 11.8 Å². The molecule has 14 heavy (non-hydrogen) atoms. The van der Waals surface area contributed by atoms with Crippen LogP contribution in [0.1, 0.15) is 27.2 Å². The van der Waals surface area contributed by atoms with Gasteiger partial charge in [-0.25, -0.2) is 0 Å². The Hall–Kier alpha value is 0.270. The van der Waals surface area contributed by atoms with Gasteiger partial charge in [-0.05, 0) is 19.7 Å². The number of nitrogens with zero attached hydrogens (tertiary/aromatic N) is 1. The molecule has 2 nitrogen and oxygen atoms in total. The summed E-state index contributed by atoms with van der Waals surface area (Å²) in [5.41, 5.74) is 0. The van der Waals surface area contributed by atoms with Gasteiger partial charge in [-0.1, -0.05) is 20.8 Å². The SMILES string of the molecule is CCC(CSC)N(C)CCNC(C)C. The summed E-state index contributed by atoms with van der Waals surface area (Å²) in [4.78, 5) is 2.46. The molecule has 0 rings (SSSR count). The van der Waals surface area contributed by atoms with Crippen LogP contribution in [0.25, 0.3) is 0 Å². The van der Waals surface area contributed by atoms with Gasteiger partial charge < -0.3 is 10.2 Å². The fraction of sp³-hybridized carbons (Fsp3) is 1.00. The van der Waals surface area contributed by atoms with Crippen LogP contribution in [0.2, 0.25) is 0 Å². The molecule has 0 heterocycles. The van der Waals surface area contributed by atoms with Crippen LogP contribution < -0.4 is 5.32 Å². The highest BCUT2D eigenvalue weighted by Crippen LogP contribution is 2.07. The second-order valence-electron chi connectivity index (χ2n) is 4.11. The Morgan fingerprint density at radius 1 is 1.36 bits per heavy atom. The van der Waals surface area contributed by atoms with Crippen LogP contribution in [0.15, 0.2) is 0 Å². The lowest BCUT2D eigenvalue weighted by molar-refractivity contribution is 0.253. The van der Waals surface area contributed by atoms with E-state index < -0.39 is 0 Å².